The summed E-state index contributed by atoms with van der Waals surface area (Å²) in [5.41, 5.74) is 0.581. The highest BCUT2D eigenvalue weighted by Gasteiger charge is 2.39. The Hall–Kier alpha value is -3.08. The number of imide groups is 1. The number of aromatic nitrogens is 3. The summed E-state index contributed by atoms with van der Waals surface area (Å²) in [5.74, 6) is -1.36. The molecule has 0 radical (unpaired) electrons. The van der Waals surface area contributed by atoms with Gasteiger partial charge in [-0.2, -0.15) is 0 Å². The number of sulfone groups is 1. The largest absolute Gasteiger partial charge is 0.341 e. The van der Waals surface area contributed by atoms with Gasteiger partial charge >= 0.3 is 0 Å². The van der Waals surface area contributed by atoms with E-state index in [-0.39, 0.29) is 43.5 Å². The molecule has 0 N–H and O–H groups in total. The monoisotopic (exact) mass is 417 g/mol. The molecule has 10 nitrogen and oxygen atoms in total. The lowest BCUT2D eigenvalue weighted by Gasteiger charge is -2.32. The number of carbonyl (C=O) groups is 3. The van der Waals surface area contributed by atoms with Crippen molar-refractivity contribution in [3.8, 4) is 0 Å². The Labute approximate surface area is 167 Å². The van der Waals surface area contributed by atoms with Crippen molar-refractivity contribution in [3.63, 3.8) is 0 Å². The Morgan fingerprint density at radius 1 is 1.10 bits per heavy atom. The van der Waals surface area contributed by atoms with Crippen LogP contribution in [0.3, 0.4) is 0 Å². The minimum Gasteiger partial charge on any atom is -0.341 e. The molecule has 1 aromatic carbocycles. The fourth-order valence-electron chi connectivity index (χ4n) is 3.71. The molecule has 1 saturated heterocycles. The molecule has 1 fully saturated rings. The first-order valence-corrected chi connectivity index (χ1v) is 10.7. The molecule has 0 unspecified atom stereocenters. The van der Waals surface area contributed by atoms with E-state index in [1.54, 1.807) is 31.3 Å². The number of piperidine rings is 1. The van der Waals surface area contributed by atoms with Crippen LogP contribution in [0.15, 0.2) is 35.7 Å². The van der Waals surface area contributed by atoms with Crippen LogP contribution in [0.2, 0.25) is 0 Å². The van der Waals surface area contributed by atoms with Gasteiger partial charge in [-0.25, -0.2) is 8.42 Å². The van der Waals surface area contributed by atoms with Crippen molar-refractivity contribution in [3.05, 3.63) is 41.7 Å². The summed E-state index contributed by atoms with van der Waals surface area (Å²) < 4.78 is 26.8. The summed E-state index contributed by atoms with van der Waals surface area (Å²) in [6, 6.07) is 6.45. The van der Waals surface area contributed by atoms with Gasteiger partial charge in [-0.1, -0.05) is 12.1 Å². The first-order chi connectivity index (χ1) is 13.8. The predicted molar refractivity (Wildman–Crippen MR) is 99.6 cm³/mol. The number of hydrogen-bond acceptors (Lipinski definition) is 7. The maximum atomic E-state index is 12.7. The van der Waals surface area contributed by atoms with E-state index in [1.807, 2.05) is 0 Å². The lowest BCUT2D eigenvalue weighted by atomic mass is 10.1. The molecule has 0 aliphatic carbocycles. The number of fused-ring (bicyclic) bond motifs is 1. The fraction of sp³-hybridized carbons (Fsp3) is 0.389. The van der Waals surface area contributed by atoms with E-state index >= 15 is 0 Å². The van der Waals surface area contributed by atoms with Gasteiger partial charge in [-0.3, -0.25) is 19.3 Å². The van der Waals surface area contributed by atoms with Crippen LogP contribution in [0.5, 0.6) is 0 Å². The molecule has 2 aromatic rings. The van der Waals surface area contributed by atoms with Crippen molar-refractivity contribution in [2.24, 2.45) is 7.05 Å². The van der Waals surface area contributed by atoms with E-state index < -0.39 is 26.9 Å². The summed E-state index contributed by atoms with van der Waals surface area (Å²) in [5, 5.41) is 6.55. The summed E-state index contributed by atoms with van der Waals surface area (Å²) in [6.45, 7) is 0.0978. The lowest BCUT2D eigenvalue weighted by Crippen LogP contribution is -2.47. The second-order valence-corrected chi connectivity index (χ2v) is 9.21. The van der Waals surface area contributed by atoms with Crippen molar-refractivity contribution < 1.29 is 22.8 Å². The van der Waals surface area contributed by atoms with E-state index in [1.165, 1.54) is 15.8 Å². The van der Waals surface area contributed by atoms with Crippen LogP contribution >= 0.6 is 0 Å². The number of nitrogens with zero attached hydrogens (tertiary/aromatic N) is 5. The lowest BCUT2D eigenvalue weighted by molar-refractivity contribution is -0.132. The summed E-state index contributed by atoms with van der Waals surface area (Å²) >= 11 is 0. The first kappa shape index (κ1) is 19.2. The highest BCUT2D eigenvalue weighted by atomic mass is 32.2. The molecule has 3 amide bonds. The van der Waals surface area contributed by atoms with Gasteiger partial charge in [-0.15, -0.1) is 10.2 Å². The van der Waals surface area contributed by atoms with E-state index in [2.05, 4.69) is 10.2 Å². The zero-order valence-corrected chi connectivity index (χ0v) is 16.5. The Morgan fingerprint density at radius 2 is 1.69 bits per heavy atom. The van der Waals surface area contributed by atoms with Gasteiger partial charge in [0.2, 0.25) is 20.9 Å². The highest BCUT2D eigenvalue weighted by Crippen LogP contribution is 2.25. The second kappa shape index (κ2) is 7.07. The molecule has 0 spiro atoms. The molecule has 29 heavy (non-hydrogen) atoms. The van der Waals surface area contributed by atoms with E-state index in [9.17, 15) is 22.8 Å². The molecule has 2 aliphatic rings. The molecule has 1 aromatic heterocycles. The van der Waals surface area contributed by atoms with Crippen LogP contribution in [0.1, 0.15) is 33.6 Å². The van der Waals surface area contributed by atoms with Gasteiger partial charge in [0.25, 0.3) is 11.8 Å². The summed E-state index contributed by atoms with van der Waals surface area (Å²) in [6.07, 6.45) is 1.83. The van der Waals surface area contributed by atoms with E-state index in [4.69, 9.17) is 0 Å². The van der Waals surface area contributed by atoms with Gasteiger partial charge in [0, 0.05) is 20.1 Å². The molecule has 0 bridgehead atoms. The van der Waals surface area contributed by atoms with Gasteiger partial charge < -0.3 is 9.47 Å². The minimum absolute atomic E-state index is 0.0895. The molecule has 11 heteroatoms. The standard InChI is InChI=1S/C18H19N5O5S/c1-21-11-19-20-18(21)29(27,28)12-6-8-22(9-7-12)15(24)10-23-16(25)13-4-2-3-5-14(13)17(23)26/h2-5,11-12H,6-10H2,1H3. The number of benzene rings is 1. The summed E-state index contributed by atoms with van der Waals surface area (Å²) in [4.78, 5) is 39.9. The van der Waals surface area contributed by atoms with Gasteiger partial charge in [0.1, 0.15) is 12.9 Å². The normalized spacial score (nSPS) is 17.7. The fourth-order valence-corrected chi connectivity index (χ4v) is 5.45. The molecule has 4 rings (SSSR count). The maximum absolute atomic E-state index is 12.7. The molecular weight excluding hydrogens is 398 g/mol. The Balaban J connectivity index is 1.40. The third kappa shape index (κ3) is 3.20. The van der Waals surface area contributed by atoms with Gasteiger partial charge in [0.05, 0.1) is 16.4 Å². The molecule has 0 saturated carbocycles. The number of amides is 3. The first-order valence-electron chi connectivity index (χ1n) is 9.11. The highest BCUT2D eigenvalue weighted by molar-refractivity contribution is 7.91. The van der Waals surface area contributed by atoms with Gasteiger partial charge in [-0.05, 0) is 25.0 Å². The van der Waals surface area contributed by atoms with Crippen LogP contribution in [0, 0.1) is 0 Å². The van der Waals surface area contributed by atoms with Crippen molar-refractivity contribution >= 4 is 27.6 Å². The van der Waals surface area contributed by atoms with Crippen LogP contribution in [-0.4, -0.2) is 75.6 Å². The number of likely N-dealkylation sites (tertiary alicyclic amines) is 1. The quantitative estimate of drug-likeness (QED) is 0.635. The Morgan fingerprint density at radius 3 is 2.21 bits per heavy atom. The zero-order chi connectivity index (χ0) is 20.8. The molecule has 152 valence electrons. The van der Waals surface area contributed by atoms with Crippen molar-refractivity contribution in [1.82, 2.24) is 24.6 Å². The van der Waals surface area contributed by atoms with Crippen molar-refractivity contribution in [2.75, 3.05) is 19.6 Å². The number of aryl methyl sites for hydroxylation is 1. The predicted octanol–water partition coefficient (Wildman–Crippen LogP) is -0.124. The number of rotatable bonds is 4. The second-order valence-electron chi connectivity index (χ2n) is 7.09. The smallest absolute Gasteiger partial charge is 0.262 e. The average Bonchev–Trinajstić information content (AvgIpc) is 3.26. The molecule has 2 aliphatic heterocycles. The average molecular weight is 417 g/mol. The summed E-state index contributed by atoms with van der Waals surface area (Å²) in [7, 11) is -2.08. The third-order valence-corrected chi connectivity index (χ3v) is 7.56. The Bertz CT molecular complexity index is 1070. The van der Waals surface area contributed by atoms with Crippen LogP contribution in [-0.2, 0) is 21.7 Å². The van der Waals surface area contributed by atoms with Crippen molar-refractivity contribution in [2.45, 2.75) is 23.2 Å². The zero-order valence-electron chi connectivity index (χ0n) is 15.7. The maximum Gasteiger partial charge on any atom is 0.262 e. The van der Waals surface area contributed by atoms with E-state index in [0.29, 0.717) is 11.1 Å². The minimum atomic E-state index is -3.64. The number of hydrogen-bond donors (Lipinski definition) is 0. The SMILES string of the molecule is Cn1cnnc1S(=O)(=O)C1CCN(C(=O)CN2C(=O)c3ccccc3C2=O)CC1. The van der Waals surface area contributed by atoms with Crippen LogP contribution in [0.4, 0.5) is 0 Å². The Kier molecular flexibility index (Phi) is 4.69. The van der Waals surface area contributed by atoms with Crippen LogP contribution < -0.4 is 0 Å². The van der Waals surface area contributed by atoms with Gasteiger partial charge in [0.15, 0.2) is 0 Å². The van der Waals surface area contributed by atoms with E-state index in [0.717, 1.165) is 4.90 Å². The molecule has 3 heterocycles. The molecule has 0 atom stereocenters. The van der Waals surface area contributed by atoms with Crippen LogP contribution in [0.25, 0.3) is 0 Å². The molecular formula is C18H19N5O5S. The topological polar surface area (TPSA) is 123 Å². The van der Waals surface area contributed by atoms with Crippen molar-refractivity contribution in [1.29, 1.82) is 0 Å². The number of carbonyl (C=O) groups excluding carboxylic acids is 3. The third-order valence-electron chi connectivity index (χ3n) is 5.33.